The number of rotatable bonds is 4. The lowest BCUT2D eigenvalue weighted by Gasteiger charge is -2.02. The molecule has 1 heterocycles. The number of aromatic nitrogens is 2. The van der Waals surface area contributed by atoms with Gasteiger partial charge < -0.3 is 5.11 Å². The highest BCUT2D eigenvalue weighted by atomic mass is 19.1. The Bertz CT molecular complexity index is 578. The number of hydrogen-bond donors (Lipinski definition) is 1. The molecule has 0 saturated heterocycles. The van der Waals surface area contributed by atoms with E-state index in [1.807, 2.05) is 6.92 Å². The summed E-state index contributed by atoms with van der Waals surface area (Å²) in [4.78, 5) is 10.5. The molecule has 0 spiro atoms. The van der Waals surface area contributed by atoms with E-state index in [-0.39, 0.29) is 12.2 Å². The van der Waals surface area contributed by atoms with Crippen LogP contribution in [0.1, 0.15) is 12.0 Å². The molecule has 0 radical (unpaired) electrons. The monoisotopic (exact) mass is 248 g/mol. The average Bonchev–Trinajstić information content (AvgIpc) is 2.75. The molecule has 4 nitrogen and oxygen atoms in total. The molecule has 0 aliphatic heterocycles. The number of carboxylic acid groups (broad SMARTS) is 1. The second-order valence-electron chi connectivity index (χ2n) is 4.10. The Balaban J connectivity index is 2.21. The van der Waals surface area contributed by atoms with Crippen LogP contribution < -0.4 is 0 Å². The Labute approximate surface area is 104 Å². The van der Waals surface area contributed by atoms with Crippen LogP contribution in [0.5, 0.6) is 0 Å². The van der Waals surface area contributed by atoms with E-state index in [0.717, 1.165) is 16.7 Å². The van der Waals surface area contributed by atoms with Crippen molar-refractivity contribution in [3.05, 3.63) is 42.0 Å². The summed E-state index contributed by atoms with van der Waals surface area (Å²) >= 11 is 0. The fraction of sp³-hybridized carbons (Fsp3) is 0.231. The van der Waals surface area contributed by atoms with Crippen molar-refractivity contribution in [1.29, 1.82) is 0 Å². The molecule has 1 N–H and O–H groups in total. The van der Waals surface area contributed by atoms with Crippen molar-refractivity contribution in [3.63, 3.8) is 0 Å². The average molecular weight is 248 g/mol. The van der Waals surface area contributed by atoms with Crippen molar-refractivity contribution in [2.75, 3.05) is 0 Å². The van der Waals surface area contributed by atoms with E-state index in [4.69, 9.17) is 5.11 Å². The van der Waals surface area contributed by atoms with Gasteiger partial charge in [0.1, 0.15) is 5.82 Å². The molecule has 18 heavy (non-hydrogen) atoms. The first-order valence-electron chi connectivity index (χ1n) is 5.57. The molecule has 1 aromatic heterocycles. The van der Waals surface area contributed by atoms with Crippen molar-refractivity contribution >= 4 is 5.97 Å². The van der Waals surface area contributed by atoms with Crippen molar-refractivity contribution in [1.82, 2.24) is 9.78 Å². The van der Waals surface area contributed by atoms with E-state index >= 15 is 0 Å². The molecule has 94 valence electrons. The second-order valence-corrected chi connectivity index (χ2v) is 4.10. The largest absolute Gasteiger partial charge is 0.481 e. The van der Waals surface area contributed by atoms with E-state index in [1.165, 1.54) is 12.1 Å². The predicted molar refractivity (Wildman–Crippen MR) is 64.6 cm³/mol. The van der Waals surface area contributed by atoms with Gasteiger partial charge >= 0.3 is 5.97 Å². The Hall–Kier alpha value is -2.17. The third kappa shape index (κ3) is 2.74. The number of carboxylic acids is 1. The first kappa shape index (κ1) is 12.3. The molecule has 5 heteroatoms. The van der Waals surface area contributed by atoms with Crippen molar-refractivity contribution in [2.45, 2.75) is 19.9 Å². The lowest BCUT2D eigenvalue weighted by Crippen LogP contribution is -2.04. The standard InChI is InChI=1S/C13H13FN2O2/c1-9-6-11(14)2-3-12(9)10-7-15-16(8-10)5-4-13(17)18/h2-3,6-8H,4-5H2,1H3,(H,17,18). The maximum atomic E-state index is 13.0. The van der Waals surface area contributed by atoms with E-state index in [1.54, 1.807) is 23.1 Å². The van der Waals surface area contributed by atoms with Crippen LogP contribution in [0.4, 0.5) is 4.39 Å². The topological polar surface area (TPSA) is 55.1 Å². The highest BCUT2D eigenvalue weighted by Crippen LogP contribution is 2.23. The first-order valence-corrected chi connectivity index (χ1v) is 5.57. The quantitative estimate of drug-likeness (QED) is 0.904. The van der Waals surface area contributed by atoms with Crippen LogP contribution in [0.15, 0.2) is 30.6 Å². The summed E-state index contributed by atoms with van der Waals surface area (Å²) in [5.74, 6) is -1.13. The minimum absolute atomic E-state index is 0.0313. The minimum Gasteiger partial charge on any atom is -0.481 e. The summed E-state index contributed by atoms with van der Waals surface area (Å²) in [7, 11) is 0. The summed E-state index contributed by atoms with van der Waals surface area (Å²) in [6, 6.07) is 4.56. The summed E-state index contributed by atoms with van der Waals surface area (Å²) in [6.07, 6.45) is 3.45. The molecule has 0 bridgehead atoms. The fourth-order valence-corrected chi connectivity index (χ4v) is 1.79. The molecule has 0 aliphatic rings. The SMILES string of the molecule is Cc1cc(F)ccc1-c1cnn(CCC(=O)O)c1. The van der Waals surface area contributed by atoms with Gasteiger partial charge in [-0.1, -0.05) is 6.07 Å². The van der Waals surface area contributed by atoms with Crippen LogP contribution in [-0.4, -0.2) is 20.9 Å². The lowest BCUT2D eigenvalue weighted by molar-refractivity contribution is -0.137. The van der Waals surface area contributed by atoms with Crippen molar-refractivity contribution < 1.29 is 14.3 Å². The summed E-state index contributed by atoms with van der Waals surface area (Å²) in [6.45, 7) is 2.16. The van der Waals surface area contributed by atoms with Crippen LogP contribution in [0.25, 0.3) is 11.1 Å². The van der Waals surface area contributed by atoms with E-state index in [2.05, 4.69) is 5.10 Å². The zero-order chi connectivity index (χ0) is 13.1. The molecule has 0 aliphatic carbocycles. The van der Waals surface area contributed by atoms with Crippen molar-refractivity contribution in [3.8, 4) is 11.1 Å². The van der Waals surface area contributed by atoms with Crippen LogP contribution in [0.3, 0.4) is 0 Å². The molecule has 2 rings (SSSR count). The second kappa shape index (κ2) is 5.00. The highest BCUT2D eigenvalue weighted by Gasteiger charge is 2.06. The third-order valence-electron chi connectivity index (χ3n) is 2.69. The molecular weight excluding hydrogens is 235 g/mol. The van der Waals surface area contributed by atoms with Gasteiger partial charge in [0.05, 0.1) is 19.2 Å². The molecule has 1 aromatic carbocycles. The van der Waals surface area contributed by atoms with Crippen LogP contribution in [0.2, 0.25) is 0 Å². The number of halogens is 1. The summed E-state index contributed by atoms with van der Waals surface area (Å²) < 4.78 is 14.6. The van der Waals surface area contributed by atoms with E-state index in [9.17, 15) is 9.18 Å². The van der Waals surface area contributed by atoms with Gasteiger partial charge in [0.25, 0.3) is 0 Å². The van der Waals surface area contributed by atoms with Crippen molar-refractivity contribution in [2.24, 2.45) is 0 Å². The zero-order valence-corrected chi connectivity index (χ0v) is 9.93. The number of hydrogen-bond acceptors (Lipinski definition) is 2. The minimum atomic E-state index is -0.856. The molecule has 0 amide bonds. The number of aliphatic carboxylic acids is 1. The third-order valence-corrected chi connectivity index (χ3v) is 2.69. The Morgan fingerprint density at radius 2 is 2.28 bits per heavy atom. The molecule has 0 fully saturated rings. The van der Waals surface area contributed by atoms with Gasteiger partial charge in [0.15, 0.2) is 0 Å². The Kier molecular flexibility index (Phi) is 3.41. The van der Waals surface area contributed by atoms with Crippen LogP contribution >= 0.6 is 0 Å². The van der Waals surface area contributed by atoms with Crippen LogP contribution in [0, 0.1) is 12.7 Å². The van der Waals surface area contributed by atoms with Gasteiger partial charge in [-0.2, -0.15) is 5.10 Å². The summed E-state index contributed by atoms with van der Waals surface area (Å²) in [5.41, 5.74) is 2.59. The summed E-state index contributed by atoms with van der Waals surface area (Å²) in [5, 5.41) is 12.7. The molecule has 0 atom stereocenters. The molecule has 0 unspecified atom stereocenters. The molecule has 2 aromatic rings. The molecule has 0 saturated carbocycles. The van der Waals surface area contributed by atoms with Gasteiger partial charge in [0.2, 0.25) is 0 Å². The maximum Gasteiger partial charge on any atom is 0.305 e. The van der Waals surface area contributed by atoms with Crippen LogP contribution in [-0.2, 0) is 11.3 Å². The maximum absolute atomic E-state index is 13.0. The van der Waals surface area contributed by atoms with Gasteiger partial charge in [-0.05, 0) is 30.2 Å². The number of aryl methyl sites for hydroxylation is 2. The lowest BCUT2D eigenvalue weighted by atomic mass is 10.0. The predicted octanol–water partition coefficient (Wildman–Crippen LogP) is 2.47. The van der Waals surface area contributed by atoms with Gasteiger partial charge in [-0.25, -0.2) is 4.39 Å². The van der Waals surface area contributed by atoms with Gasteiger partial charge in [-0.3, -0.25) is 9.48 Å². The zero-order valence-electron chi connectivity index (χ0n) is 9.93. The molecular formula is C13H13FN2O2. The smallest absolute Gasteiger partial charge is 0.305 e. The van der Waals surface area contributed by atoms with E-state index in [0.29, 0.717) is 6.54 Å². The number of carbonyl (C=O) groups is 1. The highest BCUT2D eigenvalue weighted by molar-refractivity contribution is 5.67. The number of benzene rings is 1. The first-order chi connectivity index (χ1) is 8.56. The Morgan fingerprint density at radius 1 is 1.50 bits per heavy atom. The van der Waals surface area contributed by atoms with E-state index < -0.39 is 5.97 Å². The van der Waals surface area contributed by atoms with Gasteiger partial charge in [-0.15, -0.1) is 0 Å². The van der Waals surface area contributed by atoms with Gasteiger partial charge in [0, 0.05) is 11.8 Å². The number of nitrogens with zero attached hydrogens (tertiary/aromatic N) is 2. The Morgan fingerprint density at radius 3 is 2.94 bits per heavy atom. The normalized spacial score (nSPS) is 10.6. The fourth-order valence-electron chi connectivity index (χ4n) is 1.79.